The van der Waals surface area contributed by atoms with Crippen LogP contribution in [0.3, 0.4) is 0 Å². The van der Waals surface area contributed by atoms with Gasteiger partial charge in [-0.2, -0.15) is 5.26 Å². The third-order valence-electron chi connectivity index (χ3n) is 1.51. The molecule has 0 aromatic heterocycles. The second kappa shape index (κ2) is 4.07. The van der Waals surface area contributed by atoms with Gasteiger partial charge in [0.05, 0.1) is 10.5 Å². The van der Waals surface area contributed by atoms with Crippen LogP contribution in [0.5, 0.6) is 5.75 Å². The van der Waals surface area contributed by atoms with Crippen molar-refractivity contribution in [2.75, 3.05) is 0 Å². The van der Waals surface area contributed by atoms with E-state index in [0.29, 0.717) is 6.07 Å². The molecule has 1 aromatic carbocycles. The Balaban J connectivity index is 3.37. The summed E-state index contributed by atoms with van der Waals surface area (Å²) in [5.41, 5.74) is -0.959. The van der Waals surface area contributed by atoms with Gasteiger partial charge in [0.25, 0.3) is 0 Å². The van der Waals surface area contributed by atoms with Crippen LogP contribution < -0.4 is 0 Å². The molecular weight excluding hydrogens is 203 g/mol. The summed E-state index contributed by atoms with van der Waals surface area (Å²) in [6.45, 7) is 0. The molecule has 0 amide bonds. The predicted molar refractivity (Wildman–Crippen MR) is 47.2 cm³/mol. The minimum Gasteiger partial charge on any atom is -0.502 e. The zero-order valence-electron chi connectivity index (χ0n) is 7.19. The quantitative estimate of drug-likeness (QED) is 0.426. The Labute approximate surface area is 83.5 Å². The van der Waals surface area contributed by atoms with Gasteiger partial charge in [-0.05, 0) is 5.92 Å². The Bertz CT molecular complexity index is 523. The van der Waals surface area contributed by atoms with Gasteiger partial charge in [-0.15, -0.1) is 0 Å². The number of nitrogens with zero attached hydrogens (tertiary/aromatic N) is 2. The molecule has 6 heteroatoms. The molecule has 1 rings (SSSR count). The Morgan fingerprint density at radius 1 is 1.53 bits per heavy atom. The number of halogens is 1. The van der Waals surface area contributed by atoms with Crippen LogP contribution in [0.15, 0.2) is 12.1 Å². The maximum absolute atomic E-state index is 13.0. The monoisotopic (exact) mass is 206 g/mol. The first-order valence-electron chi connectivity index (χ1n) is 3.63. The van der Waals surface area contributed by atoms with Crippen molar-refractivity contribution in [3.05, 3.63) is 33.6 Å². The first kappa shape index (κ1) is 10.5. The van der Waals surface area contributed by atoms with Crippen molar-refractivity contribution >= 4 is 5.69 Å². The van der Waals surface area contributed by atoms with Gasteiger partial charge in [-0.25, -0.2) is 4.39 Å². The van der Waals surface area contributed by atoms with Crippen LogP contribution in [0.2, 0.25) is 0 Å². The highest BCUT2D eigenvalue weighted by Crippen LogP contribution is 2.28. The highest BCUT2D eigenvalue weighted by Gasteiger charge is 2.16. The number of benzene rings is 1. The van der Waals surface area contributed by atoms with Crippen molar-refractivity contribution in [1.29, 1.82) is 5.26 Å². The van der Waals surface area contributed by atoms with E-state index in [1.54, 1.807) is 0 Å². The van der Waals surface area contributed by atoms with Crippen molar-refractivity contribution in [1.82, 2.24) is 0 Å². The first-order valence-corrected chi connectivity index (χ1v) is 3.63. The summed E-state index contributed by atoms with van der Waals surface area (Å²) in [6.07, 6.45) is 0. The Morgan fingerprint density at radius 2 is 2.20 bits per heavy atom. The fourth-order valence-electron chi connectivity index (χ4n) is 0.889. The van der Waals surface area contributed by atoms with Crippen LogP contribution in [-0.2, 0) is 0 Å². The van der Waals surface area contributed by atoms with Crippen LogP contribution in [0, 0.1) is 39.1 Å². The molecule has 0 saturated carbocycles. The maximum atomic E-state index is 13.0. The average Bonchev–Trinajstić information content (AvgIpc) is 2.16. The van der Waals surface area contributed by atoms with Crippen molar-refractivity contribution in [2.45, 2.75) is 0 Å². The van der Waals surface area contributed by atoms with Gasteiger partial charge in [0, 0.05) is 18.1 Å². The molecule has 0 aliphatic carbocycles. The first-order chi connectivity index (χ1) is 7.06. The van der Waals surface area contributed by atoms with Gasteiger partial charge in [-0.3, -0.25) is 10.1 Å². The van der Waals surface area contributed by atoms with Crippen LogP contribution in [0.25, 0.3) is 0 Å². The molecule has 0 unspecified atom stereocenters. The van der Waals surface area contributed by atoms with Crippen molar-refractivity contribution < 1.29 is 14.4 Å². The minimum atomic E-state index is -0.916. The van der Waals surface area contributed by atoms with Gasteiger partial charge in [0.1, 0.15) is 5.82 Å². The fourth-order valence-corrected chi connectivity index (χ4v) is 0.889. The smallest absolute Gasteiger partial charge is 0.312 e. The lowest BCUT2D eigenvalue weighted by molar-refractivity contribution is -0.385. The van der Waals surface area contributed by atoms with Crippen LogP contribution in [0.4, 0.5) is 10.1 Å². The summed E-state index contributed by atoms with van der Waals surface area (Å²) >= 11 is 0. The molecule has 0 fully saturated rings. The summed E-state index contributed by atoms with van der Waals surface area (Å²) in [5.74, 6) is 2.29. The third-order valence-corrected chi connectivity index (χ3v) is 1.51. The lowest BCUT2D eigenvalue weighted by Crippen LogP contribution is -1.92. The fraction of sp³-hybridized carbons (Fsp3) is 0. The lowest BCUT2D eigenvalue weighted by Gasteiger charge is -1.97. The second-order valence-electron chi connectivity index (χ2n) is 2.44. The largest absolute Gasteiger partial charge is 0.502 e. The van der Waals surface area contributed by atoms with Crippen molar-refractivity contribution in [2.24, 2.45) is 0 Å². The van der Waals surface area contributed by atoms with E-state index in [1.807, 2.05) is 5.92 Å². The van der Waals surface area contributed by atoms with Gasteiger partial charge in [0.2, 0.25) is 0 Å². The van der Waals surface area contributed by atoms with E-state index in [9.17, 15) is 14.5 Å². The van der Waals surface area contributed by atoms with E-state index in [1.165, 1.54) is 6.07 Å². The highest BCUT2D eigenvalue weighted by atomic mass is 19.1. The number of aromatic hydroxyl groups is 1. The number of nitriles is 1. The molecule has 5 nitrogen and oxygen atoms in total. The SMILES string of the molecule is N#CC#Cc1cc([N+](=O)[O-])c(O)cc1F. The molecule has 15 heavy (non-hydrogen) atoms. The van der Waals surface area contributed by atoms with E-state index < -0.39 is 22.2 Å². The number of phenolic OH excluding ortho intramolecular Hbond substituents is 1. The molecular formula is C9H3FN2O3. The number of rotatable bonds is 1. The lowest BCUT2D eigenvalue weighted by atomic mass is 10.2. The molecule has 1 aromatic rings. The van der Waals surface area contributed by atoms with Gasteiger partial charge < -0.3 is 5.11 Å². The topological polar surface area (TPSA) is 87.2 Å². The molecule has 0 heterocycles. The molecule has 0 bridgehead atoms. The van der Waals surface area contributed by atoms with Gasteiger partial charge >= 0.3 is 5.69 Å². The number of hydrogen-bond donors (Lipinski definition) is 1. The Kier molecular flexibility index (Phi) is 2.85. The van der Waals surface area contributed by atoms with Crippen molar-refractivity contribution in [3.63, 3.8) is 0 Å². The van der Waals surface area contributed by atoms with Crippen LogP contribution in [-0.4, -0.2) is 10.0 Å². The summed E-state index contributed by atoms with van der Waals surface area (Å²) in [6, 6.07) is 2.80. The summed E-state index contributed by atoms with van der Waals surface area (Å²) in [4.78, 5) is 9.50. The maximum Gasteiger partial charge on any atom is 0.312 e. The Hall–Kier alpha value is -2.60. The van der Waals surface area contributed by atoms with Crippen LogP contribution >= 0.6 is 0 Å². The summed E-state index contributed by atoms with van der Waals surface area (Å²) in [7, 11) is 0. The third kappa shape index (κ3) is 2.20. The molecule has 74 valence electrons. The van der Waals surface area contributed by atoms with E-state index in [2.05, 4.69) is 5.92 Å². The standard InChI is InChI=1S/C9H3FN2O3/c10-7-5-9(13)8(12(14)15)4-6(7)2-1-3-11/h4-5,13H. The van der Waals surface area contributed by atoms with E-state index in [-0.39, 0.29) is 5.56 Å². The number of nitro groups is 1. The zero-order valence-corrected chi connectivity index (χ0v) is 7.19. The molecule has 0 radical (unpaired) electrons. The minimum absolute atomic E-state index is 0.305. The number of nitro benzene ring substituents is 1. The van der Waals surface area contributed by atoms with E-state index >= 15 is 0 Å². The highest BCUT2D eigenvalue weighted by molar-refractivity contribution is 5.53. The van der Waals surface area contributed by atoms with Gasteiger partial charge in [0.15, 0.2) is 11.8 Å². The van der Waals surface area contributed by atoms with E-state index in [4.69, 9.17) is 10.4 Å². The second-order valence-corrected chi connectivity index (χ2v) is 2.44. The Morgan fingerprint density at radius 3 is 2.73 bits per heavy atom. The average molecular weight is 206 g/mol. The van der Waals surface area contributed by atoms with Crippen molar-refractivity contribution in [3.8, 4) is 23.7 Å². The summed E-state index contributed by atoms with van der Waals surface area (Å²) in [5, 5.41) is 27.5. The predicted octanol–water partition coefficient (Wildman–Crippen LogP) is 1.31. The molecule has 0 aliphatic heterocycles. The zero-order chi connectivity index (χ0) is 11.4. The van der Waals surface area contributed by atoms with Gasteiger partial charge in [-0.1, -0.05) is 0 Å². The molecule has 0 aliphatic rings. The van der Waals surface area contributed by atoms with E-state index in [0.717, 1.165) is 6.07 Å². The summed E-state index contributed by atoms with van der Waals surface area (Å²) < 4.78 is 13.0. The normalized spacial score (nSPS) is 8.53. The molecule has 0 saturated heterocycles. The molecule has 0 atom stereocenters. The molecule has 1 N–H and O–H groups in total. The van der Waals surface area contributed by atoms with Crippen LogP contribution in [0.1, 0.15) is 5.56 Å². The number of phenols is 1. The molecule has 0 spiro atoms. The number of hydrogen-bond acceptors (Lipinski definition) is 4.